The molecule has 1 amide bonds. The van der Waals surface area contributed by atoms with Crippen LogP contribution in [0.5, 0.6) is 5.75 Å². The van der Waals surface area contributed by atoms with E-state index in [2.05, 4.69) is 24.3 Å². The fourth-order valence-electron chi connectivity index (χ4n) is 5.18. The summed E-state index contributed by atoms with van der Waals surface area (Å²) in [7, 11) is 1.56. The summed E-state index contributed by atoms with van der Waals surface area (Å²) in [6.45, 7) is 0.586. The maximum absolute atomic E-state index is 13.0. The second-order valence-electron chi connectivity index (χ2n) is 8.50. The summed E-state index contributed by atoms with van der Waals surface area (Å²) in [4.78, 5) is 26.5. The van der Waals surface area contributed by atoms with Crippen molar-refractivity contribution in [1.29, 1.82) is 0 Å². The lowest BCUT2D eigenvalue weighted by Gasteiger charge is -2.20. The van der Waals surface area contributed by atoms with Crippen molar-refractivity contribution in [3.8, 4) is 16.9 Å². The third kappa shape index (κ3) is 3.71. The van der Waals surface area contributed by atoms with Crippen LogP contribution in [0.4, 0.5) is 4.79 Å². The van der Waals surface area contributed by atoms with Gasteiger partial charge in [0.05, 0.1) is 13.0 Å². The Balaban J connectivity index is 1.33. The quantitative estimate of drug-likeness (QED) is 0.616. The molecular weight excluding hydrogens is 418 g/mol. The number of carbonyl (C=O) groups excluding carboxylic acids is 1. The smallest absolute Gasteiger partial charge is 0.409 e. The van der Waals surface area contributed by atoms with Gasteiger partial charge in [0, 0.05) is 24.9 Å². The Morgan fingerprint density at radius 2 is 1.45 bits per heavy atom. The Kier molecular flexibility index (Phi) is 5.50. The number of fused-ring (bicyclic) bond motifs is 3. The van der Waals surface area contributed by atoms with Crippen molar-refractivity contribution in [2.45, 2.75) is 11.8 Å². The Morgan fingerprint density at radius 1 is 0.879 bits per heavy atom. The van der Waals surface area contributed by atoms with Crippen molar-refractivity contribution in [3.63, 3.8) is 0 Å². The van der Waals surface area contributed by atoms with Crippen molar-refractivity contribution in [3.05, 3.63) is 89.5 Å². The molecule has 6 nitrogen and oxygen atoms in total. The van der Waals surface area contributed by atoms with E-state index in [0.717, 1.165) is 27.8 Å². The minimum Gasteiger partial charge on any atom is -0.496 e. The van der Waals surface area contributed by atoms with E-state index in [0.29, 0.717) is 5.75 Å². The maximum Gasteiger partial charge on any atom is 0.409 e. The van der Waals surface area contributed by atoms with Crippen LogP contribution in [0.25, 0.3) is 11.1 Å². The Bertz CT molecular complexity index is 1160. The largest absolute Gasteiger partial charge is 0.496 e. The molecule has 0 aromatic heterocycles. The molecule has 0 radical (unpaired) electrons. The fraction of sp³-hybridized carbons (Fsp3) is 0.259. The maximum atomic E-state index is 13.0. The average molecular weight is 443 g/mol. The number of likely N-dealkylation sites (tertiary alicyclic amines) is 1. The summed E-state index contributed by atoms with van der Waals surface area (Å²) in [5.74, 6) is -1.42. The molecule has 3 aromatic carbocycles. The number of para-hydroxylation sites is 1. The van der Waals surface area contributed by atoms with E-state index in [1.54, 1.807) is 7.11 Å². The molecule has 5 rings (SSSR count). The van der Waals surface area contributed by atoms with Crippen LogP contribution in [0.3, 0.4) is 0 Å². The third-order valence-corrected chi connectivity index (χ3v) is 6.77. The highest BCUT2D eigenvalue weighted by Crippen LogP contribution is 2.45. The van der Waals surface area contributed by atoms with Crippen LogP contribution in [0, 0.1) is 5.92 Å². The lowest BCUT2D eigenvalue weighted by Crippen LogP contribution is -2.31. The monoisotopic (exact) mass is 443 g/mol. The molecular formula is C27H25NO5. The molecule has 1 N–H and O–H groups in total. The fourth-order valence-corrected chi connectivity index (χ4v) is 5.18. The summed E-state index contributed by atoms with van der Waals surface area (Å²) in [5, 5.41) is 9.81. The molecule has 1 aliphatic heterocycles. The number of carbonyl (C=O) groups is 2. The number of ether oxygens (including phenoxy) is 2. The molecule has 1 fully saturated rings. The van der Waals surface area contributed by atoms with Gasteiger partial charge < -0.3 is 19.5 Å². The zero-order valence-corrected chi connectivity index (χ0v) is 18.3. The van der Waals surface area contributed by atoms with Gasteiger partial charge in [0.1, 0.15) is 12.4 Å². The molecule has 6 heteroatoms. The van der Waals surface area contributed by atoms with Crippen LogP contribution in [0.1, 0.15) is 28.5 Å². The summed E-state index contributed by atoms with van der Waals surface area (Å²) < 4.78 is 11.2. The van der Waals surface area contributed by atoms with Gasteiger partial charge in [-0.15, -0.1) is 0 Å². The summed E-state index contributed by atoms with van der Waals surface area (Å²) >= 11 is 0. The molecule has 1 heterocycles. The second-order valence-corrected chi connectivity index (χ2v) is 8.50. The Hall–Kier alpha value is -3.80. The molecule has 1 aliphatic carbocycles. The average Bonchev–Trinajstić information content (AvgIpc) is 3.43. The number of methoxy groups -OCH3 is 1. The van der Waals surface area contributed by atoms with Gasteiger partial charge >= 0.3 is 12.1 Å². The number of hydrogen-bond acceptors (Lipinski definition) is 4. The number of hydrogen-bond donors (Lipinski definition) is 1. The highest BCUT2D eigenvalue weighted by molar-refractivity contribution is 5.79. The predicted molar refractivity (Wildman–Crippen MR) is 124 cm³/mol. The van der Waals surface area contributed by atoms with Crippen LogP contribution in [-0.4, -0.2) is 48.9 Å². The van der Waals surface area contributed by atoms with Crippen molar-refractivity contribution >= 4 is 12.1 Å². The first-order valence-corrected chi connectivity index (χ1v) is 11.0. The molecule has 168 valence electrons. The number of carboxylic acids is 1. The summed E-state index contributed by atoms with van der Waals surface area (Å²) in [6, 6.07) is 23.7. The van der Waals surface area contributed by atoms with Crippen LogP contribution in [-0.2, 0) is 9.53 Å². The SMILES string of the molecule is COc1ccccc1[C@@H]1CN(C(=O)OCC2c3ccccc3-c3ccccc32)C[C@H]1C(=O)O. The van der Waals surface area contributed by atoms with E-state index < -0.39 is 18.0 Å². The zero-order chi connectivity index (χ0) is 22.9. The molecule has 33 heavy (non-hydrogen) atoms. The van der Waals surface area contributed by atoms with Crippen LogP contribution >= 0.6 is 0 Å². The van der Waals surface area contributed by atoms with Gasteiger partial charge in [-0.2, -0.15) is 0 Å². The molecule has 2 aliphatic rings. The van der Waals surface area contributed by atoms with Gasteiger partial charge in [-0.3, -0.25) is 4.79 Å². The van der Waals surface area contributed by atoms with Gasteiger partial charge in [0.15, 0.2) is 0 Å². The first kappa shape index (κ1) is 21.1. The Morgan fingerprint density at radius 3 is 2.06 bits per heavy atom. The second kappa shape index (κ2) is 8.62. The highest BCUT2D eigenvalue weighted by atomic mass is 16.6. The van der Waals surface area contributed by atoms with Crippen molar-refractivity contribution < 1.29 is 24.2 Å². The molecule has 0 unspecified atom stereocenters. The summed E-state index contributed by atoms with van der Waals surface area (Å²) in [6.07, 6.45) is -0.486. The number of amides is 1. The molecule has 2 atom stereocenters. The van der Waals surface area contributed by atoms with E-state index in [1.165, 1.54) is 4.90 Å². The van der Waals surface area contributed by atoms with Crippen molar-refractivity contribution in [2.75, 3.05) is 26.8 Å². The van der Waals surface area contributed by atoms with Gasteiger partial charge in [-0.1, -0.05) is 66.7 Å². The van der Waals surface area contributed by atoms with E-state index in [-0.39, 0.29) is 31.5 Å². The molecule has 0 spiro atoms. The lowest BCUT2D eigenvalue weighted by atomic mass is 9.88. The van der Waals surface area contributed by atoms with E-state index in [9.17, 15) is 14.7 Å². The normalized spacial score (nSPS) is 19.1. The number of aliphatic carboxylic acids is 1. The summed E-state index contributed by atoms with van der Waals surface area (Å²) in [5.41, 5.74) is 5.41. The first-order valence-electron chi connectivity index (χ1n) is 11.0. The minimum atomic E-state index is -0.931. The van der Waals surface area contributed by atoms with E-state index in [4.69, 9.17) is 9.47 Å². The molecule has 1 saturated heterocycles. The number of rotatable bonds is 5. The van der Waals surface area contributed by atoms with E-state index in [1.807, 2.05) is 48.5 Å². The molecule has 0 saturated carbocycles. The minimum absolute atomic E-state index is 0.0377. The highest BCUT2D eigenvalue weighted by Gasteiger charge is 2.42. The van der Waals surface area contributed by atoms with Gasteiger partial charge in [0.2, 0.25) is 0 Å². The number of nitrogens with zero attached hydrogens (tertiary/aromatic N) is 1. The van der Waals surface area contributed by atoms with Gasteiger partial charge in [-0.25, -0.2) is 4.79 Å². The zero-order valence-electron chi connectivity index (χ0n) is 18.3. The topological polar surface area (TPSA) is 76.1 Å². The van der Waals surface area contributed by atoms with Crippen LogP contribution in [0.2, 0.25) is 0 Å². The number of carboxylic acid groups (broad SMARTS) is 1. The number of benzene rings is 3. The van der Waals surface area contributed by atoms with Gasteiger partial charge in [0.25, 0.3) is 0 Å². The third-order valence-electron chi connectivity index (χ3n) is 6.77. The van der Waals surface area contributed by atoms with Gasteiger partial charge in [-0.05, 0) is 33.9 Å². The Labute approximate surface area is 192 Å². The first-order chi connectivity index (χ1) is 16.1. The standard InChI is InChI=1S/C27H25NO5/c1-32-25-13-7-6-12-21(25)22-14-28(15-23(22)26(29)30)27(31)33-16-24-19-10-4-2-8-17(19)18-9-3-5-11-20(18)24/h2-13,22-24H,14-16H2,1H3,(H,29,30)/t22-,23+/m0/s1. The predicted octanol–water partition coefficient (Wildman–Crippen LogP) is 4.74. The lowest BCUT2D eigenvalue weighted by molar-refractivity contribution is -0.141. The van der Waals surface area contributed by atoms with E-state index >= 15 is 0 Å². The van der Waals surface area contributed by atoms with Crippen molar-refractivity contribution in [1.82, 2.24) is 4.90 Å². The molecule has 0 bridgehead atoms. The van der Waals surface area contributed by atoms with Crippen molar-refractivity contribution in [2.24, 2.45) is 5.92 Å². The van der Waals surface area contributed by atoms with Crippen LogP contribution < -0.4 is 4.74 Å². The van der Waals surface area contributed by atoms with Crippen LogP contribution in [0.15, 0.2) is 72.8 Å². The molecule has 3 aromatic rings.